The molecule has 6 rings (SSSR count). The lowest BCUT2D eigenvalue weighted by atomic mass is 10.0. The second-order valence-electron chi connectivity index (χ2n) is 9.75. The van der Waals surface area contributed by atoms with Crippen molar-refractivity contribution >= 4 is 33.1 Å². The molecule has 0 amide bonds. The summed E-state index contributed by atoms with van der Waals surface area (Å²) in [5.41, 5.74) is 12.4. The van der Waals surface area contributed by atoms with E-state index in [1.54, 1.807) is 0 Å². The van der Waals surface area contributed by atoms with Gasteiger partial charge in [0.05, 0.1) is 0 Å². The van der Waals surface area contributed by atoms with Gasteiger partial charge in [-0.3, -0.25) is 0 Å². The molecule has 38 heavy (non-hydrogen) atoms. The molecule has 0 bridgehead atoms. The van der Waals surface area contributed by atoms with E-state index in [2.05, 4.69) is 90.5 Å². The summed E-state index contributed by atoms with van der Waals surface area (Å²) in [7, 11) is 0. The van der Waals surface area contributed by atoms with Crippen LogP contribution in [0.5, 0.6) is 0 Å². The molecule has 6 heteroatoms. The predicted molar refractivity (Wildman–Crippen MR) is 160 cm³/mol. The monoisotopic (exact) mass is 508 g/mol. The molecule has 0 radical (unpaired) electrons. The van der Waals surface area contributed by atoms with Crippen molar-refractivity contribution in [1.82, 2.24) is 29.9 Å². The highest BCUT2D eigenvalue weighted by Gasteiger charge is 2.09. The molecular formula is C32H40N6. The molecular weight excluding hydrogens is 468 g/mol. The highest BCUT2D eigenvalue weighted by Crippen LogP contribution is 2.24. The average molecular weight is 509 g/mol. The van der Waals surface area contributed by atoms with E-state index in [-0.39, 0.29) is 0 Å². The predicted octanol–water partition coefficient (Wildman–Crippen LogP) is 7.86. The fourth-order valence-corrected chi connectivity index (χ4v) is 5.05. The first-order valence-electron chi connectivity index (χ1n) is 13.7. The van der Waals surface area contributed by atoms with Gasteiger partial charge in [-0.15, -0.1) is 0 Å². The number of H-pyrrole nitrogens is 3. The largest absolute Gasteiger partial charge is 0.346 e. The highest BCUT2D eigenvalue weighted by molar-refractivity contribution is 5.84. The van der Waals surface area contributed by atoms with Crippen LogP contribution >= 0.6 is 0 Å². The van der Waals surface area contributed by atoms with Crippen LogP contribution in [0.3, 0.4) is 0 Å². The molecule has 0 unspecified atom stereocenters. The smallest absolute Gasteiger partial charge is 0.137 e. The average Bonchev–Trinajstić information content (AvgIpc) is 3.65. The summed E-state index contributed by atoms with van der Waals surface area (Å²) in [5.74, 6) is 0. The summed E-state index contributed by atoms with van der Waals surface area (Å²) in [6.07, 6.45) is 16.1. The van der Waals surface area contributed by atoms with E-state index in [1.807, 2.05) is 37.2 Å². The second kappa shape index (κ2) is 12.1. The Balaban J connectivity index is 0.000000133. The lowest BCUT2D eigenvalue weighted by molar-refractivity contribution is 1.03. The van der Waals surface area contributed by atoms with Crippen molar-refractivity contribution < 1.29 is 0 Å². The topological polar surface area (TPSA) is 86.0 Å². The number of pyridine rings is 3. The van der Waals surface area contributed by atoms with Crippen molar-refractivity contribution in [3.63, 3.8) is 0 Å². The van der Waals surface area contributed by atoms with Gasteiger partial charge in [-0.25, -0.2) is 15.0 Å². The van der Waals surface area contributed by atoms with Crippen molar-refractivity contribution in [3.8, 4) is 0 Å². The summed E-state index contributed by atoms with van der Waals surface area (Å²) in [4.78, 5) is 22.5. The minimum atomic E-state index is 0.990. The first kappa shape index (κ1) is 27.1. The van der Waals surface area contributed by atoms with Crippen molar-refractivity contribution in [1.29, 1.82) is 0 Å². The van der Waals surface area contributed by atoms with Crippen LogP contribution < -0.4 is 0 Å². The molecule has 6 nitrogen and oxygen atoms in total. The van der Waals surface area contributed by atoms with Crippen molar-refractivity contribution in [2.24, 2.45) is 0 Å². The van der Waals surface area contributed by atoms with Gasteiger partial charge in [-0.1, -0.05) is 27.7 Å². The van der Waals surface area contributed by atoms with E-state index >= 15 is 0 Å². The fourth-order valence-electron chi connectivity index (χ4n) is 5.05. The number of nitrogens with zero attached hydrogens (tertiary/aromatic N) is 3. The van der Waals surface area contributed by atoms with Crippen molar-refractivity contribution in [2.75, 3.05) is 0 Å². The summed E-state index contributed by atoms with van der Waals surface area (Å²) in [5, 5.41) is 3.86. The number of aromatic amines is 3. The SMILES string of the molecule is CCc1ccnc2[nH]cc(C)c12.CCc1cnc2[nH]cc(C)c2c1.CCc1cnc2[nH]cc(C)c2c1CC. The molecule has 0 fully saturated rings. The standard InChI is InChI=1S/C12H16N2.2C10H12N2/c1-4-9-7-14-12-11(10(9)5-2)8(3)6-13-12;1-3-8-4-9-7(2)5-11-10(9)12-6-8;1-3-8-4-5-11-10-9(8)7(2)6-12-10/h6-7H,4-5H2,1-3H3,(H,13,14);2*4-6H,3H2,1-2H3,(H,11,12). The van der Waals surface area contributed by atoms with Gasteiger partial charge in [0.25, 0.3) is 0 Å². The van der Waals surface area contributed by atoms with Crippen LogP contribution in [0.15, 0.2) is 49.3 Å². The van der Waals surface area contributed by atoms with Gasteiger partial charge in [-0.2, -0.15) is 0 Å². The maximum atomic E-state index is 4.43. The number of hydrogen-bond donors (Lipinski definition) is 3. The van der Waals surface area contributed by atoms with Crippen molar-refractivity contribution in [2.45, 2.75) is 74.1 Å². The van der Waals surface area contributed by atoms with Crippen LogP contribution in [0.25, 0.3) is 33.1 Å². The molecule has 3 N–H and O–H groups in total. The van der Waals surface area contributed by atoms with Crippen LogP contribution in [0.2, 0.25) is 0 Å². The third-order valence-corrected chi connectivity index (χ3v) is 7.27. The molecule has 0 spiro atoms. The lowest BCUT2D eigenvalue weighted by Crippen LogP contribution is -1.94. The fraction of sp³-hybridized carbons (Fsp3) is 0.344. The van der Waals surface area contributed by atoms with Gasteiger partial charge in [-0.05, 0) is 97.5 Å². The van der Waals surface area contributed by atoms with Gasteiger partial charge < -0.3 is 15.0 Å². The number of aryl methyl sites for hydroxylation is 7. The number of aromatic nitrogens is 6. The van der Waals surface area contributed by atoms with Gasteiger partial charge in [0, 0.05) is 53.3 Å². The Bertz CT molecular complexity index is 1650. The molecule has 6 aromatic rings. The Morgan fingerprint density at radius 2 is 1.21 bits per heavy atom. The quantitative estimate of drug-likeness (QED) is 0.226. The lowest BCUT2D eigenvalue weighted by Gasteiger charge is -2.07. The van der Waals surface area contributed by atoms with E-state index in [1.165, 1.54) is 55.1 Å². The minimum Gasteiger partial charge on any atom is -0.346 e. The molecule has 6 aromatic heterocycles. The van der Waals surface area contributed by atoms with E-state index in [9.17, 15) is 0 Å². The molecule has 0 saturated carbocycles. The summed E-state index contributed by atoms with van der Waals surface area (Å²) in [6, 6.07) is 4.29. The number of rotatable bonds is 4. The van der Waals surface area contributed by atoms with Crippen LogP contribution in [-0.4, -0.2) is 29.9 Å². The van der Waals surface area contributed by atoms with Gasteiger partial charge in [0.2, 0.25) is 0 Å². The number of nitrogens with one attached hydrogen (secondary N) is 3. The maximum Gasteiger partial charge on any atom is 0.137 e. The van der Waals surface area contributed by atoms with Crippen LogP contribution in [0.4, 0.5) is 0 Å². The zero-order valence-corrected chi connectivity index (χ0v) is 23.8. The van der Waals surface area contributed by atoms with E-state index in [4.69, 9.17) is 0 Å². The molecule has 0 saturated heterocycles. The summed E-state index contributed by atoms with van der Waals surface area (Å²) < 4.78 is 0. The Kier molecular flexibility index (Phi) is 8.62. The van der Waals surface area contributed by atoms with Crippen molar-refractivity contribution in [3.05, 3.63) is 88.3 Å². The maximum absolute atomic E-state index is 4.43. The number of hydrogen-bond acceptors (Lipinski definition) is 3. The molecule has 198 valence electrons. The van der Waals surface area contributed by atoms with E-state index < -0.39 is 0 Å². The van der Waals surface area contributed by atoms with E-state index in [0.29, 0.717) is 0 Å². The summed E-state index contributed by atoms with van der Waals surface area (Å²) in [6.45, 7) is 15.1. The third kappa shape index (κ3) is 5.49. The normalized spacial score (nSPS) is 10.9. The molecule has 0 atom stereocenters. The first-order valence-corrected chi connectivity index (χ1v) is 13.7. The van der Waals surface area contributed by atoms with Crippen LogP contribution in [0, 0.1) is 20.8 Å². The zero-order valence-electron chi connectivity index (χ0n) is 23.8. The second-order valence-corrected chi connectivity index (χ2v) is 9.75. The van der Waals surface area contributed by atoms with Crippen LogP contribution in [0.1, 0.15) is 66.6 Å². The van der Waals surface area contributed by atoms with Gasteiger partial charge >= 0.3 is 0 Å². The molecule has 6 heterocycles. The molecule has 0 aliphatic heterocycles. The highest BCUT2D eigenvalue weighted by atomic mass is 14.8. The Morgan fingerprint density at radius 1 is 0.605 bits per heavy atom. The Labute approximate surface area is 225 Å². The third-order valence-electron chi connectivity index (χ3n) is 7.27. The Hall–Kier alpha value is -3.93. The van der Waals surface area contributed by atoms with E-state index in [0.717, 1.165) is 42.6 Å². The molecule has 0 aromatic carbocycles. The van der Waals surface area contributed by atoms with Gasteiger partial charge in [0.1, 0.15) is 16.9 Å². The number of fused-ring (bicyclic) bond motifs is 3. The minimum absolute atomic E-state index is 0.990. The molecule has 0 aliphatic carbocycles. The Morgan fingerprint density at radius 3 is 1.87 bits per heavy atom. The first-order chi connectivity index (χ1) is 18.4. The zero-order chi connectivity index (χ0) is 27.2. The summed E-state index contributed by atoms with van der Waals surface area (Å²) >= 11 is 0. The van der Waals surface area contributed by atoms with Crippen LogP contribution in [-0.2, 0) is 25.7 Å². The van der Waals surface area contributed by atoms with Gasteiger partial charge in [0.15, 0.2) is 0 Å². The molecule has 0 aliphatic rings.